The van der Waals surface area contributed by atoms with Crippen LogP contribution in [0.25, 0.3) is 0 Å². The van der Waals surface area contributed by atoms with Gasteiger partial charge in [-0.15, -0.1) is 11.8 Å². The van der Waals surface area contributed by atoms with Crippen LogP contribution in [0.5, 0.6) is 5.75 Å². The summed E-state index contributed by atoms with van der Waals surface area (Å²) in [5, 5.41) is 8.68. The van der Waals surface area contributed by atoms with E-state index in [9.17, 15) is 9.59 Å². The summed E-state index contributed by atoms with van der Waals surface area (Å²) in [6, 6.07) is 3.80. The molecule has 2 rings (SSSR count). The summed E-state index contributed by atoms with van der Waals surface area (Å²) in [6.45, 7) is 13.6. The molecule has 0 spiro atoms. The Labute approximate surface area is 213 Å². The lowest BCUT2D eigenvalue weighted by Crippen LogP contribution is -2.41. The van der Waals surface area contributed by atoms with E-state index in [0.29, 0.717) is 18.1 Å². The van der Waals surface area contributed by atoms with Gasteiger partial charge in [-0.2, -0.15) is 5.48 Å². The minimum atomic E-state index is -0.627. The van der Waals surface area contributed by atoms with Crippen LogP contribution in [0.4, 0.5) is 4.79 Å². The Kier molecular flexibility index (Phi) is 12.0. The maximum Gasteiger partial charge on any atom is 0.431 e. The molecule has 1 aromatic carbocycles. The van der Waals surface area contributed by atoms with Crippen molar-refractivity contribution in [3.05, 3.63) is 28.8 Å². The van der Waals surface area contributed by atoms with Gasteiger partial charge >= 0.3 is 6.09 Å². The zero-order valence-electron chi connectivity index (χ0n) is 22.3. The van der Waals surface area contributed by atoms with Crippen LogP contribution >= 0.6 is 11.8 Å². The Balaban J connectivity index is 0.000000762. The number of carbonyl (C=O) groups is 2. The predicted molar refractivity (Wildman–Crippen MR) is 137 cm³/mol. The fraction of sp³-hybridized carbons (Fsp3) is 0.640. The molecule has 198 valence electrons. The molecule has 2 N–H and O–H groups in total. The number of hydrogen-bond donors (Lipinski definition) is 2. The second-order valence-electron chi connectivity index (χ2n) is 9.98. The van der Waals surface area contributed by atoms with E-state index in [1.54, 1.807) is 27.9 Å². The summed E-state index contributed by atoms with van der Waals surface area (Å²) in [4.78, 5) is 26.8. The second-order valence-corrected chi connectivity index (χ2v) is 10.8. The highest BCUT2D eigenvalue weighted by Crippen LogP contribution is 2.35. The number of amides is 1. The van der Waals surface area contributed by atoms with Gasteiger partial charge in [0, 0.05) is 18.2 Å². The molecule has 2 unspecified atom stereocenters. The standard InChI is InChI=1S/C20H30N2O5S.C5H10O2/c1-12(27-22-19(23)26-20(2,3)4)16-9-7-13-15(11-24-5)14(18(21)28-6)8-10-17(13)25-16;1-5(2,3)7-4-6/h8,10,12,16,21H,7,9,11H2,1-6H3,(H,22,23);4H,1-3H3. The quantitative estimate of drug-likeness (QED) is 0.226. The third-order valence-electron chi connectivity index (χ3n) is 4.74. The average Bonchev–Trinajstić information content (AvgIpc) is 2.75. The fourth-order valence-corrected chi connectivity index (χ4v) is 3.60. The lowest BCUT2D eigenvalue weighted by Gasteiger charge is -2.32. The molecule has 0 radical (unpaired) electrons. The lowest BCUT2D eigenvalue weighted by atomic mass is 9.93. The maximum absolute atomic E-state index is 11.8. The Bertz CT molecular complexity index is 863. The van der Waals surface area contributed by atoms with E-state index in [1.165, 1.54) is 11.8 Å². The van der Waals surface area contributed by atoms with Crippen LogP contribution in [-0.4, -0.2) is 54.4 Å². The molecule has 0 bridgehead atoms. The number of thioether (sulfide) groups is 1. The summed E-state index contributed by atoms with van der Waals surface area (Å²) in [5.74, 6) is 0.772. The SMILES string of the molecule is CC(C)(C)OC=O.COCc1c(C(=N)SC)ccc2c1CCC(C(C)ONC(=O)OC(C)(C)C)O2. The van der Waals surface area contributed by atoms with Crippen LogP contribution in [0.3, 0.4) is 0 Å². The average molecular weight is 513 g/mol. The Morgan fingerprint density at radius 3 is 2.40 bits per heavy atom. The third kappa shape index (κ3) is 10.9. The van der Waals surface area contributed by atoms with Crippen molar-refractivity contribution in [3.63, 3.8) is 0 Å². The molecular weight excluding hydrogens is 472 g/mol. The molecule has 1 heterocycles. The van der Waals surface area contributed by atoms with Gasteiger partial charge in [0.05, 0.1) is 11.7 Å². The van der Waals surface area contributed by atoms with Crippen molar-refractivity contribution in [2.45, 2.75) is 91.3 Å². The normalized spacial score (nSPS) is 16.0. The van der Waals surface area contributed by atoms with Crippen LogP contribution in [0.1, 0.15) is 71.6 Å². The molecular formula is C25H40N2O7S. The van der Waals surface area contributed by atoms with Crippen molar-refractivity contribution in [2.75, 3.05) is 13.4 Å². The highest BCUT2D eigenvalue weighted by atomic mass is 32.2. The summed E-state index contributed by atoms with van der Waals surface area (Å²) in [6.07, 6.45) is 2.23. The lowest BCUT2D eigenvalue weighted by molar-refractivity contribution is -0.138. The smallest absolute Gasteiger partial charge is 0.431 e. The molecule has 0 saturated carbocycles. The first kappa shape index (κ1) is 30.7. The molecule has 0 fully saturated rings. The monoisotopic (exact) mass is 512 g/mol. The summed E-state index contributed by atoms with van der Waals surface area (Å²) < 4.78 is 21.2. The first-order valence-corrected chi connectivity index (χ1v) is 12.6. The summed E-state index contributed by atoms with van der Waals surface area (Å²) in [7, 11) is 1.65. The number of carbonyl (C=O) groups excluding carboxylic acids is 2. The van der Waals surface area contributed by atoms with E-state index < -0.39 is 11.7 Å². The number of fused-ring (bicyclic) bond motifs is 1. The minimum absolute atomic E-state index is 0.205. The molecule has 0 saturated heterocycles. The number of ether oxygens (including phenoxy) is 4. The van der Waals surface area contributed by atoms with Crippen LogP contribution in [0.15, 0.2) is 12.1 Å². The Morgan fingerprint density at radius 1 is 1.26 bits per heavy atom. The van der Waals surface area contributed by atoms with Crippen LogP contribution < -0.4 is 10.2 Å². The Hall–Kier alpha value is -2.30. The highest BCUT2D eigenvalue weighted by Gasteiger charge is 2.29. The highest BCUT2D eigenvalue weighted by molar-refractivity contribution is 8.13. The number of nitrogens with one attached hydrogen (secondary N) is 2. The van der Waals surface area contributed by atoms with Gasteiger partial charge in [-0.1, -0.05) is 0 Å². The number of benzene rings is 1. The van der Waals surface area contributed by atoms with Crippen molar-refractivity contribution in [3.8, 4) is 5.75 Å². The van der Waals surface area contributed by atoms with E-state index in [2.05, 4.69) is 10.2 Å². The van der Waals surface area contributed by atoms with Crippen molar-refractivity contribution in [2.24, 2.45) is 0 Å². The van der Waals surface area contributed by atoms with Crippen molar-refractivity contribution < 1.29 is 33.4 Å². The van der Waals surface area contributed by atoms with Crippen molar-refractivity contribution in [1.82, 2.24) is 5.48 Å². The molecule has 1 aliphatic heterocycles. The number of hydroxylamine groups is 1. The molecule has 35 heavy (non-hydrogen) atoms. The summed E-state index contributed by atoms with van der Waals surface area (Å²) in [5.41, 5.74) is 4.38. The molecule has 2 atom stereocenters. The van der Waals surface area contributed by atoms with Gasteiger partial charge in [0.15, 0.2) is 0 Å². The van der Waals surface area contributed by atoms with Gasteiger partial charge in [-0.3, -0.25) is 15.0 Å². The molecule has 1 aromatic rings. The van der Waals surface area contributed by atoms with E-state index in [-0.39, 0.29) is 17.8 Å². The van der Waals surface area contributed by atoms with Gasteiger partial charge in [-0.05, 0) is 85.3 Å². The molecule has 1 amide bonds. The third-order valence-corrected chi connectivity index (χ3v) is 5.36. The second kappa shape index (κ2) is 13.7. The Morgan fingerprint density at radius 2 is 1.91 bits per heavy atom. The molecule has 1 aliphatic rings. The maximum atomic E-state index is 11.8. The zero-order chi connectivity index (χ0) is 26.8. The van der Waals surface area contributed by atoms with Crippen LogP contribution in [0.2, 0.25) is 0 Å². The molecule has 0 aromatic heterocycles. The topological polar surface area (TPSA) is 116 Å². The van der Waals surface area contributed by atoms with E-state index >= 15 is 0 Å². The van der Waals surface area contributed by atoms with Crippen LogP contribution in [-0.2, 0) is 36.9 Å². The fourth-order valence-electron chi connectivity index (χ4n) is 3.19. The number of hydrogen-bond acceptors (Lipinski definition) is 9. The molecule has 9 nitrogen and oxygen atoms in total. The van der Waals surface area contributed by atoms with Gasteiger partial charge in [-0.25, -0.2) is 4.79 Å². The van der Waals surface area contributed by atoms with Crippen molar-refractivity contribution >= 4 is 29.4 Å². The van der Waals surface area contributed by atoms with Gasteiger partial charge in [0.1, 0.15) is 29.2 Å². The van der Waals surface area contributed by atoms with Crippen LogP contribution in [0, 0.1) is 5.41 Å². The predicted octanol–water partition coefficient (Wildman–Crippen LogP) is 5.02. The van der Waals surface area contributed by atoms with Gasteiger partial charge in [0.2, 0.25) is 0 Å². The summed E-state index contributed by atoms with van der Waals surface area (Å²) >= 11 is 1.40. The first-order chi connectivity index (χ1) is 16.2. The van der Waals surface area contributed by atoms with Gasteiger partial charge < -0.3 is 18.9 Å². The molecule has 10 heteroatoms. The largest absolute Gasteiger partial charge is 0.487 e. The minimum Gasteiger partial charge on any atom is -0.487 e. The van der Waals surface area contributed by atoms with E-state index in [0.717, 1.165) is 35.3 Å². The van der Waals surface area contributed by atoms with E-state index in [4.69, 9.17) is 24.5 Å². The van der Waals surface area contributed by atoms with E-state index in [1.807, 2.05) is 46.1 Å². The number of methoxy groups -OCH3 is 1. The first-order valence-electron chi connectivity index (χ1n) is 11.4. The molecule has 0 aliphatic carbocycles. The van der Waals surface area contributed by atoms with Gasteiger partial charge in [0.25, 0.3) is 6.47 Å². The van der Waals surface area contributed by atoms with Crippen molar-refractivity contribution in [1.29, 1.82) is 5.41 Å². The zero-order valence-corrected chi connectivity index (χ0v) is 23.1. The number of rotatable bonds is 7.